The molecule has 0 bridgehead atoms. The van der Waals surface area contributed by atoms with Crippen LogP contribution in [0.2, 0.25) is 0 Å². The summed E-state index contributed by atoms with van der Waals surface area (Å²) in [7, 11) is 0. The van der Waals surface area contributed by atoms with Crippen molar-refractivity contribution in [3.8, 4) is 5.75 Å². The van der Waals surface area contributed by atoms with Gasteiger partial charge in [0.1, 0.15) is 11.5 Å². The highest BCUT2D eigenvalue weighted by Gasteiger charge is 2.20. The lowest BCUT2D eigenvalue weighted by Gasteiger charge is -2.21. The van der Waals surface area contributed by atoms with Crippen molar-refractivity contribution in [1.29, 1.82) is 0 Å². The molecule has 23 heavy (non-hydrogen) atoms. The van der Waals surface area contributed by atoms with E-state index in [2.05, 4.69) is 6.07 Å². The Morgan fingerprint density at radius 3 is 2.70 bits per heavy atom. The van der Waals surface area contributed by atoms with Gasteiger partial charge in [-0.3, -0.25) is 0 Å². The van der Waals surface area contributed by atoms with Gasteiger partial charge in [0.25, 0.3) is 0 Å². The Morgan fingerprint density at radius 1 is 1.17 bits per heavy atom. The summed E-state index contributed by atoms with van der Waals surface area (Å²) in [5, 5.41) is 0. The van der Waals surface area contributed by atoms with E-state index < -0.39 is 5.97 Å². The first-order valence-corrected chi connectivity index (χ1v) is 7.62. The molecule has 0 atom stereocenters. The number of rotatable bonds is 3. The van der Waals surface area contributed by atoms with Gasteiger partial charge < -0.3 is 9.47 Å². The number of allylic oxidation sites excluding steroid dienone is 1. The second kappa shape index (κ2) is 6.53. The molecule has 3 nitrogen and oxygen atoms in total. The monoisotopic (exact) mass is 306 g/mol. The first-order valence-electron chi connectivity index (χ1n) is 7.62. The van der Waals surface area contributed by atoms with Crippen LogP contribution >= 0.6 is 0 Å². The summed E-state index contributed by atoms with van der Waals surface area (Å²) in [5.41, 5.74) is 4.03. The van der Waals surface area contributed by atoms with Crippen molar-refractivity contribution in [2.45, 2.75) is 13.8 Å². The number of aryl methyl sites for hydroxylation is 1. The number of benzene rings is 2. The highest BCUT2D eigenvalue weighted by molar-refractivity contribution is 5.97. The van der Waals surface area contributed by atoms with Gasteiger partial charge in [-0.05, 0) is 37.6 Å². The minimum atomic E-state index is -0.403. The van der Waals surface area contributed by atoms with Crippen molar-refractivity contribution in [1.82, 2.24) is 0 Å². The van der Waals surface area contributed by atoms with E-state index in [1.54, 1.807) is 6.92 Å². The fourth-order valence-electron chi connectivity index (χ4n) is 2.52. The molecule has 0 N–H and O–H groups in total. The van der Waals surface area contributed by atoms with E-state index in [1.807, 2.05) is 55.5 Å². The molecule has 0 aromatic heterocycles. The molecular weight excluding hydrogens is 288 g/mol. The molecule has 2 aromatic rings. The first kappa shape index (κ1) is 15.1. The Morgan fingerprint density at radius 2 is 1.96 bits per heavy atom. The zero-order valence-corrected chi connectivity index (χ0v) is 13.2. The van der Waals surface area contributed by atoms with E-state index in [4.69, 9.17) is 9.47 Å². The summed E-state index contributed by atoms with van der Waals surface area (Å²) in [4.78, 5) is 11.8. The summed E-state index contributed by atoms with van der Waals surface area (Å²) in [6, 6.07) is 15.8. The molecule has 0 spiro atoms. The Bertz CT molecular complexity index is 786. The lowest BCUT2D eigenvalue weighted by Crippen LogP contribution is -2.09. The number of carbonyl (C=O) groups is 1. The maximum atomic E-state index is 11.8. The minimum Gasteiger partial charge on any atom is -0.463 e. The van der Waals surface area contributed by atoms with Crippen LogP contribution in [0, 0.1) is 6.92 Å². The quantitative estimate of drug-likeness (QED) is 0.624. The lowest BCUT2D eigenvalue weighted by atomic mass is 9.97. The fourth-order valence-corrected chi connectivity index (χ4v) is 2.52. The smallest absolute Gasteiger partial charge is 0.334 e. The van der Waals surface area contributed by atoms with Crippen molar-refractivity contribution in [3.63, 3.8) is 0 Å². The van der Waals surface area contributed by atoms with Crippen molar-refractivity contribution in [2.24, 2.45) is 0 Å². The molecule has 0 saturated heterocycles. The molecule has 0 unspecified atom stereocenters. The summed E-state index contributed by atoms with van der Waals surface area (Å²) >= 11 is 0. The van der Waals surface area contributed by atoms with Gasteiger partial charge in [-0.15, -0.1) is 0 Å². The first-order chi connectivity index (χ1) is 11.2. The second-order valence-electron chi connectivity index (χ2n) is 5.33. The van der Waals surface area contributed by atoms with Crippen LogP contribution in [-0.2, 0) is 9.53 Å². The summed E-state index contributed by atoms with van der Waals surface area (Å²) in [6.45, 7) is 4.16. The Labute approximate surface area is 135 Å². The average molecular weight is 306 g/mol. The maximum absolute atomic E-state index is 11.8. The average Bonchev–Trinajstić information content (AvgIpc) is 2.55. The highest BCUT2D eigenvalue weighted by atomic mass is 16.5. The Hall–Kier alpha value is -2.81. The number of ether oxygens (including phenoxy) is 2. The van der Waals surface area contributed by atoms with Crippen LogP contribution in [0.5, 0.6) is 5.75 Å². The van der Waals surface area contributed by atoms with Crippen LogP contribution in [0.4, 0.5) is 0 Å². The van der Waals surface area contributed by atoms with Crippen LogP contribution < -0.4 is 4.74 Å². The minimum absolute atomic E-state index is 0.336. The largest absolute Gasteiger partial charge is 0.463 e. The van der Waals surface area contributed by atoms with Crippen LogP contribution in [0.15, 0.2) is 60.4 Å². The fraction of sp³-hybridized carbons (Fsp3) is 0.150. The molecule has 0 radical (unpaired) electrons. The van der Waals surface area contributed by atoms with Crippen LogP contribution in [0.1, 0.15) is 23.6 Å². The highest BCUT2D eigenvalue weighted by Crippen LogP contribution is 2.36. The van der Waals surface area contributed by atoms with Gasteiger partial charge in [0, 0.05) is 11.1 Å². The van der Waals surface area contributed by atoms with Gasteiger partial charge in [0.2, 0.25) is 0 Å². The maximum Gasteiger partial charge on any atom is 0.334 e. The number of esters is 1. The third kappa shape index (κ3) is 3.34. The van der Waals surface area contributed by atoms with Gasteiger partial charge in [-0.2, -0.15) is 0 Å². The summed E-state index contributed by atoms with van der Waals surface area (Å²) in [6.07, 6.45) is 3.46. The molecule has 116 valence electrons. The molecule has 0 saturated carbocycles. The number of hydrogen-bond acceptors (Lipinski definition) is 3. The Kier molecular flexibility index (Phi) is 4.29. The van der Waals surface area contributed by atoms with Crippen LogP contribution in [0.3, 0.4) is 0 Å². The standard InChI is InChI=1S/C20H18O3/c1-3-22-20(21)13-19-17(15-7-5-4-6-8-15)12-16-11-14(2)9-10-18(16)23-19/h4-13H,3H2,1-2H3/b19-13-. The topological polar surface area (TPSA) is 35.5 Å². The summed E-state index contributed by atoms with van der Waals surface area (Å²) < 4.78 is 11.0. The van der Waals surface area contributed by atoms with Crippen molar-refractivity contribution < 1.29 is 14.3 Å². The van der Waals surface area contributed by atoms with Gasteiger partial charge in [-0.25, -0.2) is 4.79 Å². The molecule has 3 rings (SSSR count). The van der Waals surface area contributed by atoms with Crippen molar-refractivity contribution in [2.75, 3.05) is 6.61 Å². The molecule has 3 heteroatoms. The van der Waals surface area contributed by atoms with Crippen LogP contribution in [-0.4, -0.2) is 12.6 Å². The number of fused-ring (bicyclic) bond motifs is 1. The number of carbonyl (C=O) groups excluding carboxylic acids is 1. The van der Waals surface area contributed by atoms with Crippen LogP contribution in [0.25, 0.3) is 11.6 Å². The van der Waals surface area contributed by atoms with Crippen molar-refractivity contribution >= 4 is 17.6 Å². The molecule has 2 aromatic carbocycles. The van der Waals surface area contributed by atoms with E-state index in [1.165, 1.54) is 6.08 Å². The third-order valence-corrected chi connectivity index (χ3v) is 3.57. The number of hydrogen-bond donors (Lipinski definition) is 0. The van der Waals surface area contributed by atoms with Gasteiger partial charge in [0.15, 0.2) is 0 Å². The summed E-state index contributed by atoms with van der Waals surface area (Å²) in [5.74, 6) is 0.844. The zero-order chi connectivity index (χ0) is 16.2. The van der Waals surface area contributed by atoms with Gasteiger partial charge in [-0.1, -0.05) is 42.0 Å². The van der Waals surface area contributed by atoms with E-state index >= 15 is 0 Å². The van der Waals surface area contributed by atoms with Crippen molar-refractivity contribution in [3.05, 3.63) is 77.1 Å². The normalized spacial score (nSPS) is 14.7. The predicted molar refractivity (Wildman–Crippen MR) is 90.8 cm³/mol. The Balaban J connectivity index is 2.09. The van der Waals surface area contributed by atoms with E-state index in [0.717, 1.165) is 28.0 Å². The molecule has 0 aliphatic carbocycles. The zero-order valence-electron chi connectivity index (χ0n) is 13.2. The third-order valence-electron chi connectivity index (χ3n) is 3.57. The SMILES string of the molecule is CCOC(=O)/C=C1\Oc2ccc(C)cc2C=C1c1ccccc1. The molecule has 1 aliphatic rings. The van der Waals surface area contributed by atoms with E-state index in [-0.39, 0.29) is 0 Å². The molecule has 1 heterocycles. The molecule has 1 aliphatic heterocycles. The molecular formula is C20H18O3. The molecule has 0 fully saturated rings. The lowest BCUT2D eigenvalue weighted by molar-refractivity contribution is -0.137. The predicted octanol–water partition coefficient (Wildman–Crippen LogP) is 4.38. The van der Waals surface area contributed by atoms with Gasteiger partial charge in [0.05, 0.1) is 12.7 Å². The molecule has 0 amide bonds. The van der Waals surface area contributed by atoms with Gasteiger partial charge >= 0.3 is 5.97 Å². The van der Waals surface area contributed by atoms with E-state index in [9.17, 15) is 4.79 Å². The second-order valence-corrected chi connectivity index (χ2v) is 5.33. The van der Waals surface area contributed by atoms with E-state index in [0.29, 0.717) is 12.4 Å².